The monoisotopic (exact) mass is 247 g/mol. The first-order valence-electron chi connectivity index (χ1n) is 6.95. The van der Waals surface area contributed by atoms with E-state index in [1.54, 1.807) is 0 Å². The van der Waals surface area contributed by atoms with Gasteiger partial charge in [-0.2, -0.15) is 0 Å². The van der Waals surface area contributed by atoms with E-state index >= 15 is 0 Å². The molecule has 0 amide bonds. The molecule has 3 rings (SSSR count). The summed E-state index contributed by atoms with van der Waals surface area (Å²) in [4.78, 5) is 2.60. The van der Waals surface area contributed by atoms with E-state index in [4.69, 9.17) is 9.47 Å². The average Bonchev–Trinajstić information content (AvgIpc) is 3.05. The molecule has 0 aliphatic carbocycles. The molecule has 0 N–H and O–H groups in total. The molecule has 0 bridgehead atoms. The Hall–Kier alpha value is -1.22. The Morgan fingerprint density at radius 3 is 2.78 bits per heavy atom. The van der Waals surface area contributed by atoms with Crippen molar-refractivity contribution in [1.82, 2.24) is 4.90 Å². The second-order valence-corrected chi connectivity index (χ2v) is 5.32. The Kier molecular flexibility index (Phi) is 3.41. The zero-order valence-corrected chi connectivity index (χ0v) is 11.0. The zero-order valence-electron chi connectivity index (χ0n) is 11.0. The van der Waals surface area contributed by atoms with E-state index in [-0.39, 0.29) is 0 Å². The number of fused-ring (bicyclic) bond motifs is 1. The van der Waals surface area contributed by atoms with Crippen LogP contribution in [0.2, 0.25) is 0 Å². The molecule has 18 heavy (non-hydrogen) atoms. The fourth-order valence-corrected chi connectivity index (χ4v) is 2.84. The Balaban J connectivity index is 1.56. The number of hydrogen-bond acceptors (Lipinski definition) is 3. The molecule has 3 heteroatoms. The first-order valence-corrected chi connectivity index (χ1v) is 6.95. The number of hydrogen-bond donors (Lipinski definition) is 0. The lowest BCUT2D eigenvalue weighted by molar-refractivity contribution is 0.174. The van der Waals surface area contributed by atoms with E-state index in [2.05, 4.69) is 24.0 Å². The van der Waals surface area contributed by atoms with Crippen LogP contribution in [0.3, 0.4) is 0 Å². The highest BCUT2D eigenvalue weighted by molar-refractivity contribution is 5.44. The molecule has 1 saturated heterocycles. The van der Waals surface area contributed by atoms with Crippen molar-refractivity contribution in [1.29, 1.82) is 0 Å². The molecule has 1 fully saturated rings. The molecule has 1 aromatic carbocycles. The van der Waals surface area contributed by atoms with Crippen LogP contribution in [0.5, 0.6) is 11.5 Å². The van der Waals surface area contributed by atoms with Gasteiger partial charge in [0, 0.05) is 6.04 Å². The molecule has 0 saturated carbocycles. The number of rotatable bonds is 4. The van der Waals surface area contributed by atoms with Gasteiger partial charge < -0.3 is 14.4 Å². The topological polar surface area (TPSA) is 21.7 Å². The molecular formula is C15H21NO2. The number of nitrogens with zero attached hydrogens (tertiary/aromatic N) is 1. The quantitative estimate of drug-likeness (QED) is 0.816. The lowest BCUT2D eigenvalue weighted by atomic mass is 10.0. The highest BCUT2D eigenvalue weighted by Crippen LogP contribution is 2.33. The van der Waals surface area contributed by atoms with Crippen molar-refractivity contribution in [2.45, 2.75) is 38.6 Å². The molecule has 0 aromatic heterocycles. The van der Waals surface area contributed by atoms with Crippen molar-refractivity contribution in [3.05, 3.63) is 23.8 Å². The summed E-state index contributed by atoms with van der Waals surface area (Å²) < 4.78 is 10.7. The molecule has 0 radical (unpaired) electrons. The van der Waals surface area contributed by atoms with Gasteiger partial charge in [-0.05, 0) is 63.4 Å². The Labute approximate surface area is 109 Å². The van der Waals surface area contributed by atoms with Crippen molar-refractivity contribution >= 4 is 0 Å². The van der Waals surface area contributed by atoms with Crippen LogP contribution in [0.1, 0.15) is 31.7 Å². The van der Waals surface area contributed by atoms with E-state index in [1.807, 2.05) is 6.07 Å². The molecule has 2 aliphatic rings. The van der Waals surface area contributed by atoms with E-state index in [0.717, 1.165) is 17.9 Å². The Morgan fingerprint density at radius 2 is 1.94 bits per heavy atom. The van der Waals surface area contributed by atoms with Gasteiger partial charge in [0.2, 0.25) is 6.79 Å². The van der Waals surface area contributed by atoms with E-state index in [0.29, 0.717) is 12.8 Å². The largest absolute Gasteiger partial charge is 0.454 e. The van der Waals surface area contributed by atoms with Crippen molar-refractivity contribution < 1.29 is 9.47 Å². The van der Waals surface area contributed by atoms with Crippen LogP contribution >= 0.6 is 0 Å². The second-order valence-electron chi connectivity index (χ2n) is 5.32. The maximum atomic E-state index is 5.41. The molecule has 1 atom stereocenters. The third kappa shape index (κ3) is 2.46. The van der Waals surface area contributed by atoms with Crippen molar-refractivity contribution in [2.24, 2.45) is 0 Å². The van der Waals surface area contributed by atoms with Crippen molar-refractivity contribution in [3.63, 3.8) is 0 Å². The van der Waals surface area contributed by atoms with Gasteiger partial charge in [0.05, 0.1) is 0 Å². The fourth-order valence-electron chi connectivity index (χ4n) is 2.84. The summed E-state index contributed by atoms with van der Waals surface area (Å²) >= 11 is 0. The van der Waals surface area contributed by atoms with Gasteiger partial charge in [-0.25, -0.2) is 0 Å². The van der Waals surface area contributed by atoms with Gasteiger partial charge in [-0.1, -0.05) is 6.07 Å². The molecule has 2 aliphatic heterocycles. The number of likely N-dealkylation sites (tertiary alicyclic amines) is 1. The summed E-state index contributed by atoms with van der Waals surface area (Å²) in [6.45, 7) is 5.27. The maximum absolute atomic E-state index is 5.41. The summed E-state index contributed by atoms with van der Waals surface area (Å²) in [6, 6.07) is 7.00. The first-order chi connectivity index (χ1) is 8.83. The minimum Gasteiger partial charge on any atom is -0.454 e. The van der Waals surface area contributed by atoms with E-state index in [9.17, 15) is 0 Å². The molecule has 98 valence electrons. The fraction of sp³-hybridized carbons (Fsp3) is 0.600. The summed E-state index contributed by atoms with van der Waals surface area (Å²) in [7, 11) is 0. The summed E-state index contributed by atoms with van der Waals surface area (Å²) in [5.41, 5.74) is 1.35. The SMILES string of the molecule is CC(CCc1ccc2c(c1)OCO2)N1CCCC1. The highest BCUT2D eigenvalue weighted by atomic mass is 16.7. The molecule has 1 unspecified atom stereocenters. The number of benzene rings is 1. The van der Waals surface area contributed by atoms with Gasteiger partial charge in [0.25, 0.3) is 0 Å². The third-order valence-corrected chi connectivity index (χ3v) is 4.05. The number of aryl methyl sites for hydroxylation is 1. The maximum Gasteiger partial charge on any atom is 0.231 e. The van der Waals surface area contributed by atoms with E-state index < -0.39 is 0 Å². The van der Waals surface area contributed by atoms with Crippen LogP contribution < -0.4 is 9.47 Å². The predicted molar refractivity (Wildman–Crippen MR) is 71.2 cm³/mol. The standard InChI is InChI=1S/C15H21NO2/c1-12(16-8-2-3-9-16)4-5-13-6-7-14-15(10-13)18-11-17-14/h6-7,10,12H,2-5,8-9,11H2,1H3. The lowest BCUT2D eigenvalue weighted by Crippen LogP contribution is -2.30. The van der Waals surface area contributed by atoms with Gasteiger partial charge in [0.15, 0.2) is 11.5 Å². The van der Waals surface area contributed by atoms with Gasteiger partial charge >= 0.3 is 0 Å². The smallest absolute Gasteiger partial charge is 0.231 e. The molecule has 0 spiro atoms. The van der Waals surface area contributed by atoms with Crippen LogP contribution in [0, 0.1) is 0 Å². The summed E-state index contributed by atoms with van der Waals surface area (Å²) in [6.07, 6.45) is 5.08. The molecule has 1 aromatic rings. The van der Waals surface area contributed by atoms with Crippen molar-refractivity contribution in [3.8, 4) is 11.5 Å². The molecule has 2 heterocycles. The Morgan fingerprint density at radius 1 is 1.17 bits per heavy atom. The van der Waals surface area contributed by atoms with Crippen LogP contribution in [0.4, 0.5) is 0 Å². The second kappa shape index (κ2) is 5.19. The zero-order chi connectivity index (χ0) is 12.4. The predicted octanol–water partition coefficient (Wildman–Crippen LogP) is 2.83. The van der Waals surface area contributed by atoms with Gasteiger partial charge in [-0.15, -0.1) is 0 Å². The van der Waals surface area contributed by atoms with Gasteiger partial charge in [-0.3, -0.25) is 0 Å². The summed E-state index contributed by atoms with van der Waals surface area (Å²) in [5.74, 6) is 1.78. The van der Waals surface area contributed by atoms with E-state index in [1.165, 1.54) is 37.9 Å². The van der Waals surface area contributed by atoms with Crippen molar-refractivity contribution in [2.75, 3.05) is 19.9 Å². The van der Waals surface area contributed by atoms with Gasteiger partial charge in [0.1, 0.15) is 0 Å². The minimum absolute atomic E-state index is 0.364. The highest BCUT2D eigenvalue weighted by Gasteiger charge is 2.18. The van der Waals surface area contributed by atoms with Crippen LogP contribution in [-0.2, 0) is 6.42 Å². The normalized spacial score (nSPS) is 20.3. The van der Waals surface area contributed by atoms with Crippen LogP contribution in [0.15, 0.2) is 18.2 Å². The van der Waals surface area contributed by atoms with Crippen LogP contribution in [0.25, 0.3) is 0 Å². The third-order valence-electron chi connectivity index (χ3n) is 4.05. The molecule has 3 nitrogen and oxygen atoms in total. The molecular weight excluding hydrogens is 226 g/mol. The first kappa shape index (κ1) is 11.8. The minimum atomic E-state index is 0.364. The lowest BCUT2D eigenvalue weighted by Gasteiger charge is -2.23. The summed E-state index contributed by atoms with van der Waals surface area (Å²) in [5, 5.41) is 0. The van der Waals surface area contributed by atoms with Crippen LogP contribution in [-0.4, -0.2) is 30.8 Å². The number of ether oxygens (including phenoxy) is 2. The Bertz CT molecular complexity index is 413. The average molecular weight is 247 g/mol.